The summed E-state index contributed by atoms with van der Waals surface area (Å²) in [7, 11) is -0.566. The van der Waals surface area contributed by atoms with Crippen molar-refractivity contribution in [2.45, 2.75) is 136 Å². The van der Waals surface area contributed by atoms with Crippen LogP contribution in [0.2, 0.25) is 0 Å². The van der Waals surface area contributed by atoms with Crippen LogP contribution >= 0.6 is 0 Å². The molecule has 0 saturated carbocycles. The zero-order valence-electron chi connectivity index (χ0n) is 21.0. The number of hydrogen-bond acceptors (Lipinski definition) is 4. The molecule has 0 spiro atoms. The molecule has 0 aromatic rings. The summed E-state index contributed by atoms with van der Waals surface area (Å²) in [5, 5.41) is 0. The highest BCUT2D eigenvalue weighted by Gasteiger charge is 2.52. The first kappa shape index (κ1) is 28.2. The molecule has 1 aliphatic rings. The Labute approximate surface area is 190 Å². The lowest BCUT2D eigenvalue weighted by Crippen LogP contribution is -2.41. The van der Waals surface area contributed by atoms with Crippen molar-refractivity contribution in [3.63, 3.8) is 0 Å². The van der Waals surface area contributed by atoms with E-state index in [0.29, 0.717) is 19.4 Å². The van der Waals surface area contributed by atoms with Crippen molar-refractivity contribution >= 4 is 13.1 Å². The van der Waals surface area contributed by atoms with Gasteiger partial charge in [-0.05, 0) is 58.9 Å². The zero-order chi connectivity index (χ0) is 23.3. The Kier molecular flexibility index (Phi) is 13.0. The number of halogens is 1. The molecule has 0 N–H and O–H groups in total. The first-order chi connectivity index (χ1) is 14.6. The molecule has 0 aromatic carbocycles. The number of carbonyl (C=O) groups is 1. The van der Waals surface area contributed by atoms with Gasteiger partial charge < -0.3 is 14.0 Å². The van der Waals surface area contributed by atoms with Crippen LogP contribution in [0.4, 0.5) is 4.39 Å². The smallest absolute Gasteiger partial charge is 0.466 e. The summed E-state index contributed by atoms with van der Waals surface area (Å²) >= 11 is 0. The summed E-state index contributed by atoms with van der Waals surface area (Å²) in [4.78, 5) is 10.7. The third kappa shape index (κ3) is 10.5. The van der Waals surface area contributed by atoms with E-state index in [1.165, 1.54) is 19.8 Å². The first-order valence-corrected chi connectivity index (χ1v) is 12.5. The molecule has 4 nitrogen and oxygen atoms in total. The Morgan fingerprint density at radius 1 is 0.806 bits per heavy atom. The Hall–Kier alpha value is -0.875. The van der Waals surface area contributed by atoms with Crippen molar-refractivity contribution < 1.29 is 23.2 Å². The molecule has 0 aromatic heterocycles. The van der Waals surface area contributed by atoms with Gasteiger partial charge in [-0.15, -0.1) is 0 Å². The maximum Gasteiger partial charge on any atom is 0.493 e. The fourth-order valence-corrected chi connectivity index (χ4v) is 3.75. The van der Waals surface area contributed by atoms with Crippen LogP contribution in [0.25, 0.3) is 0 Å². The van der Waals surface area contributed by atoms with Crippen molar-refractivity contribution in [2.75, 3.05) is 6.61 Å². The van der Waals surface area contributed by atoms with Crippen LogP contribution in [-0.2, 0) is 18.8 Å². The molecule has 1 fully saturated rings. The highest BCUT2D eigenvalue weighted by Crippen LogP contribution is 2.40. The van der Waals surface area contributed by atoms with E-state index in [4.69, 9.17) is 14.0 Å². The number of carbonyl (C=O) groups excluding carboxylic acids is 1. The Bertz CT molecular complexity index is 544. The molecule has 0 radical (unpaired) electrons. The standard InChI is InChI=1S/C25H46BFO4/c1-7-8-9-15-18-22(26-30-24(3,4)25(5,6)31-26)23(27)19-16-13-11-10-12-14-17-20-29-21(2)28/h7-20H2,1-6H3/b23-22+. The summed E-state index contributed by atoms with van der Waals surface area (Å²) < 4.78 is 32.4. The molecule has 0 atom stereocenters. The molecule has 0 aliphatic carbocycles. The van der Waals surface area contributed by atoms with Gasteiger partial charge in [-0.1, -0.05) is 64.7 Å². The van der Waals surface area contributed by atoms with Crippen molar-refractivity contribution in [3.05, 3.63) is 11.3 Å². The average Bonchev–Trinajstić information content (AvgIpc) is 2.89. The second-order valence-electron chi connectivity index (χ2n) is 9.89. The fraction of sp³-hybridized carbons (Fsp3) is 0.880. The van der Waals surface area contributed by atoms with E-state index in [1.54, 1.807) is 0 Å². The van der Waals surface area contributed by atoms with Gasteiger partial charge >= 0.3 is 13.1 Å². The van der Waals surface area contributed by atoms with Gasteiger partial charge in [-0.3, -0.25) is 4.79 Å². The second-order valence-corrected chi connectivity index (χ2v) is 9.89. The summed E-state index contributed by atoms with van der Waals surface area (Å²) in [5.41, 5.74) is -0.162. The van der Waals surface area contributed by atoms with Gasteiger partial charge in [0.1, 0.15) is 0 Å². The Morgan fingerprint density at radius 2 is 1.29 bits per heavy atom. The van der Waals surface area contributed by atoms with E-state index in [2.05, 4.69) is 6.92 Å². The molecule has 0 bridgehead atoms. The lowest BCUT2D eigenvalue weighted by molar-refractivity contribution is -0.141. The lowest BCUT2D eigenvalue weighted by Gasteiger charge is -2.32. The molecule has 1 heterocycles. The van der Waals surface area contributed by atoms with Crippen LogP contribution in [0.1, 0.15) is 125 Å². The molecule has 6 heteroatoms. The normalized spacial score (nSPS) is 18.2. The van der Waals surface area contributed by atoms with Crippen molar-refractivity contribution in [1.29, 1.82) is 0 Å². The number of rotatable bonds is 16. The van der Waals surface area contributed by atoms with Crippen LogP contribution in [0.5, 0.6) is 0 Å². The number of ether oxygens (including phenoxy) is 1. The lowest BCUT2D eigenvalue weighted by atomic mass is 9.74. The predicted molar refractivity (Wildman–Crippen MR) is 127 cm³/mol. The minimum Gasteiger partial charge on any atom is -0.466 e. The number of esters is 1. The predicted octanol–water partition coefficient (Wildman–Crippen LogP) is 7.50. The van der Waals surface area contributed by atoms with Crippen LogP contribution < -0.4 is 0 Å². The molecule has 31 heavy (non-hydrogen) atoms. The average molecular weight is 440 g/mol. The summed E-state index contributed by atoms with van der Waals surface area (Å²) in [6.45, 7) is 12.2. The summed E-state index contributed by atoms with van der Waals surface area (Å²) in [6, 6.07) is 0. The van der Waals surface area contributed by atoms with Crippen LogP contribution in [-0.4, -0.2) is 30.9 Å². The van der Waals surface area contributed by atoms with Gasteiger partial charge in [-0.25, -0.2) is 4.39 Å². The largest absolute Gasteiger partial charge is 0.493 e. The van der Waals surface area contributed by atoms with Gasteiger partial charge in [0, 0.05) is 6.92 Å². The SMILES string of the molecule is CCCCCC/C(B1OC(C)(C)C(C)(C)O1)=C(\F)CCCCCCCCCOC(C)=O. The van der Waals surface area contributed by atoms with E-state index in [9.17, 15) is 4.79 Å². The van der Waals surface area contributed by atoms with Gasteiger partial charge in [0.2, 0.25) is 0 Å². The van der Waals surface area contributed by atoms with Crippen molar-refractivity contribution in [3.8, 4) is 0 Å². The monoisotopic (exact) mass is 440 g/mol. The number of hydrogen-bond donors (Lipinski definition) is 0. The van der Waals surface area contributed by atoms with E-state index in [1.807, 2.05) is 27.7 Å². The topological polar surface area (TPSA) is 44.8 Å². The third-order valence-electron chi connectivity index (χ3n) is 6.53. The molecule has 1 saturated heterocycles. The highest BCUT2D eigenvalue weighted by atomic mass is 19.1. The van der Waals surface area contributed by atoms with E-state index >= 15 is 4.39 Å². The minimum absolute atomic E-state index is 0.0311. The maximum atomic E-state index is 15.2. The quantitative estimate of drug-likeness (QED) is 0.142. The summed E-state index contributed by atoms with van der Waals surface area (Å²) in [5.74, 6) is -0.239. The van der Waals surface area contributed by atoms with Gasteiger partial charge in [0.05, 0.1) is 23.6 Å². The fourth-order valence-electron chi connectivity index (χ4n) is 3.75. The van der Waals surface area contributed by atoms with Crippen molar-refractivity contribution in [2.24, 2.45) is 0 Å². The highest BCUT2D eigenvalue weighted by molar-refractivity contribution is 6.54. The van der Waals surface area contributed by atoms with E-state index < -0.39 is 18.3 Å². The zero-order valence-corrected chi connectivity index (χ0v) is 21.0. The summed E-state index contributed by atoms with van der Waals surface area (Å²) in [6.07, 6.45) is 12.9. The van der Waals surface area contributed by atoms with E-state index in [0.717, 1.165) is 63.3 Å². The maximum absolute atomic E-state index is 15.2. The van der Waals surface area contributed by atoms with Gasteiger partial charge in [0.15, 0.2) is 0 Å². The third-order valence-corrected chi connectivity index (χ3v) is 6.53. The Morgan fingerprint density at radius 3 is 1.84 bits per heavy atom. The molecular weight excluding hydrogens is 394 g/mol. The molecule has 180 valence electrons. The van der Waals surface area contributed by atoms with E-state index in [-0.39, 0.29) is 11.8 Å². The second kappa shape index (κ2) is 14.3. The molecule has 0 unspecified atom stereocenters. The molecule has 1 rings (SSSR count). The Balaban J connectivity index is 2.44. The van der Waals surface area contributed by atoms with Gasteiger partial charge in [0.25, 0.3) is 0 Å². The minimum atomic E-state index is -0.566. The van der Waals surface area contributed by atoms with Crippen molar-refractivity contribution in [1.82, 2.24) is 0 Å². The molecule has 0 amide bonds. The van der Waals surface area contributed by atoms with Crippen LogP contribution in [0.15, 0.2) is 11.3 Å². The molecular formula is C25H46BFO4. The first-order valence-electron chi connectivity index (χ1n) is 12.5. The van der Waals surface area contributed by atoms with Crippen LogP contribution in [0, 0.1) is 0 Å². The number of allylic oxidation sites excluding steroid dienone is 2. The van der Waals surface area contributed by atoms with Crippen LogP contribution in [0.3, 0.4) is 0 Å². The molecule has 1 aliphatic heterocycles. The number of unbranched alkanes of at least 4 members (excludes halogenated alkanes) is 9. The van der Waals surface area contributed by atoms with Gasteiger partial charge in [-0.2, -0.15) is 0 Å².